The van der Waals surface area contributed by atoms with Crippen LogP contribution in [-0.2, 0) is 9.53 Å². The average molecular weight is 301 g/mol. The first-order valence-corrected chi connectivity index (χ1v) is 8.99. The van der Waals surface area contributed by atoms with E-state index >= 15 is 0 Å². The summed E-state index contributed by atoms with van der Waals surface area (Å²) in [6.07, 6.45) is 13.1. The number of likely N-dealkylation sites (N-methyl/N-ethyl adjacent to an activating group) is 1. The molecule has 0 amide bonds. The zero-order chi connectivity index (χ0) is 16.0. The van der Waals surface area contributed by atoms with Crippen LogP contribution in [0.25, 0.3) is 0 Å². The fourth-order valence-electron chi connectivity index (χ4n) is 2.28. The number of quaternary nitrogens is 1. The van der Waals surface area contributed by atoms with E-state index in [4.69, 9.17) is 4.74 Å². The van der Waals surface area contributed by atoms with Crippen molar-refractivity contribution in [2.75, 3.05) is 33.8 Å². The number of esters is 1. The van der Waals surface area contributed by atoms with E-state index in [1.54, 1.807) is 0 Å². The lowest BCUT2D eigenvalue weighted by Crippen LogP contribution is -2.44. The van der Waals surface area contributed by atoms with E-state index in [1.807, 2.05) is 0 Å². The lowest BCUT2D eigenvalue weighted by molar-refractivity contribution is -0.881. The summed E-state index contributed by atoms with van der Waals surface area (Å²) < 4.78 is 6.00. The summed E-state index contributed by atoms with van der Waals surface area (Å²) >= 11 is 0. The van der Waals surface area contributed by atoms with Crippen molar-refractivity contribution >= 4 is 5.97 Å². The summed E-state index contributed by atoms with van der Waals surface area (Å²) in [5, 5.41) is 0. The molecule has 0 radical (unpaired) electrons. The van der Waals surface area contributed by atoms with E-state index < -0.39 is 0 Å². The molecule has 0 aromatic carbocycles. The highest BCUT2D eigenvalue weighted by molar-refractivity contribution is 5.70. The Hall–Kier alpha value is -0.570. The Morgan fingerprint density at radius 3 is 1.76 bits per heavy atom. The second-order valence-corrected chi connectivity index (χ2v) is 6.81. The molecule has 0 aliphatic carbocycles. The third-order valence-electron chi connectivity index (χ3n) is 4.17. The second kappa shape index (κ2) is 13.1. The Kier molecular flexibility index (Phi) is 12.8. The van der Waals surface area contributed by atoms with Crippen molar-refractivity contribution in [2.24, 2.45) is 0 Å². The maximum absolute atomic E-state index is 11.6. The molecule has 0 heterocycles. The molecule has 0 rings (SSSR count). The van der Waals surface area contributed by atoms with E-state index in [9.17, 15) is 4.79 Å². The maximum atomic E-state index is 11.6. The number of carbonyl (C=O) groups is 1. The van der Waals surface area contributed by atoms with Gasteiger partial charge in [-0.05, 0) is 13.3 Å². The number of rotatable bonds is 14. The first kappa shape index (κ1) is 20.4. The maximum Gasteiger partial charge on any atom is 0.361 e. The third kappa shape index (κ3) is 14.1. The van der Waals surface area contributed by atoms with Crippen LogP contribution < -0.4 is 0 Å². The predicted molar refractivity (Wildman–Crippen MR) is 90.3 cm³/mol. The van der Waals surface area contributed by atoms with Gasteiger partial charge in [-0.15, -0.1) is 0 Å². The molecule has 0 aromatic heterocycles. The molecule has 126 valence electrons. The van der Waals surface area contributed by atoms with Crippen LogP contribution in [0.4, 0.5) is 0 Å². The van der Waals surface area contributed by atoms with Gasteiger partial charge in [-0.1, -0.05) is 64.7 Å². The molecule has 21 heavy (non-hydrogen) atoms. The molecule has 3 nitrogen and oxygen atoms in total. The summed E-state index contributed by atoms with van der Waals surface area (Å²) in [7, 11) is 4.11. The molecule has 0 fully saturated rings. The smallest absolute Gasteiger partial charge is 0.361 e. The van der Waals surface area contributed by atoms with Gasteiger partial charge in [-0.2, -0.15) is 0 Å². The normalized spacial score (nSPS) is 11.6. The predicted octanol–water partition coefficient (Wildman–Crippen LogP) is 4.55. The van der Waals surface area contributed by atoms with Crippen LogP contribution in [0.15, 0.2) is 0 Å². The minimum atomic E-state index is -0.0576. The number of carbonyl (C=O) groups excluding carboxylic acids is 1. The summed E-state index contributed by atoms with van der Waals surface area (Å²) in [5.41, 5.74) is 0. The zero-order valence-electron chi connectivity index (χ0n) is 15.0. The van der Waals surface area contributed by atoms with Gasteiger partial charge in [0.25, 0.3) is 0 Å². The van der Waals surface area contributed by atoms with Gasteiger partial charge in [0, 0.05) is 0 Å². The van der Waals surface area contributed by atoms with Crippen LogP contribution in [0.1, 0.15) is 78.1 Å². The molecule has 0 aromatic rings. The zero-order valence-corrected chi connectivity index (χ0v) is 15.0. The van der Waals surface area contributed by atoms with Crippen molar-refractivity contribution < 1.29 is 14.0 Å². The fraction of sp³-hybridized carbons (Fsp3) is 0.944. The summed E-state index contributed by atoms with van der Waals surface area (Å²) in [5.74, 6) is -0.0576. The van der Waals surface area contributed by atoms with Crippen LogP contribution in [0.5, 0.6) is 0 Å². The van der Waals surface area contributed by atoms with Crippen molar-refractivity contribution in [3.63, 3.8) is 0 Å². The van der Waals surface area contributed by atoms with Gasteiger partial charge in [0.05, 0.1) is 27.2 Å². The molecule has 0 atom stereocenters. The highest BCUT2D eigenvalue weighted by atomic mass is 16.5. The molecule has 0 N–H and O–H groups in total. The van der Waals surface area contributed by atoms with Crippen LogP contribution in [-0.4, -0.2) is 44.2 Å². The summed E-state index contributed by atoms with van der Waals surface area (Å²) in [4.78, 5) is 11.6. The van der Waals surface area contributed by atoms with Gasteiger partial charge in [0.15, 0.2) is 6.54 Å². The first-order chi connectivity index (χ1) is 10.0. The molecule has 3 heteroatoms. The van der Waals surface area contributed by atoms with Gasteiger partial charge in [0.1, 0.15) is 0 Å². The Morgan fingerprint density at radius 2 is 1.29 bits per heavy atom. The van der Waals surface area contributed by atoms with Crippen LogP contribution >= 0.6 is 0 Å². The Labute approximate surface area is 132 Å². The fourth-order valence-corrected chi connectivity index (χ4v) is 2.28. The molecule has 0 spiro atoms. The van der Waals surface area contributed by atoms with Crippen molar-refractivity contribution in [1.29, 1.82) is 0 Å². The molecular weight excluding hydrogens is 262 g/mol. The number of ether oxygens (including phenoxy) is 1. The second-order valence-electron chi connectivity index (χ2n) is 6.81. The molecular formula is C18H38NO2+. The standard InChI is InChI=1S/C18H38NO2/c1-5-7-8-9-10-11-12-13-14-15-16-21-18(20)17-19(3,4)6-2/h5-17H2,1-4H3/q+1. The highest BCUT2D eigenvalue weighted by Crippen LogP contribution is 2.10. The van der Waals surface area contributed by atoms with Gasteiger partial charge >= 0.3 is 5.97 Å². The van der Waals surface area contributed by atoms with Crippen LogP contribution in [0.2, 0.25) is 0 Å². The van der Waals surface area contributed by atoms with E-state index in [0.717, 1.165) is 13.0 Å². The minimum Gasteiger partial charge on any atom is -0.462 e. The highest BCUT2D eigenvalue weighted by Gasteiger charge is 2.18. The van der Waals surface area contributed by atoms with Crippen LogP contribution in [0.3, 0.4) is 0 Å². The van der Waals surface area contributed by atoms with Crippen molar-refractivity contribution in [1.82, 2.24) is 0 Å². The largest absolute Gasteiger partial charge is 0.462 e. The Balaban J connectivity index is 3.27. The molecule has 0 bridgehead atoms. The third-order valence-corrected chi connectivity index (χ3v) is 4.17. The van der Waals surface area contributed by atoms with E-state index in [0.29, 0.717) is 17.6 Å². The van der Waals surface area contributed by atoms with E-state index in [-0.39, 0.29) is 5.97 Å². The van der Waals surface area contributed by atoms with Crippen molar-refractivity contribution in [3.8, 4) is 0 Å². The molecule has 0 aliphatic heterocycles. The Bertz CT molecular complexity index is 252. The summed E-state index contributed by atoms with van der Waals surface area (Å²) in [6, 6.07) is 0. The van der Waals surface area contributed by atoms with Gasteiger partial charge < -0.3 is 9.22 Å². The van der Waals surface area contributed by atoms with Gasteiger partial charge in [0.2, 0.25) is 0 Å². The number of hydrogen-bond acceptors (Lipinski definition) is 2. The summed E-state index contributed by atoms with van der Waals surface area (Å²) in [6.45, 7) is 6.38. The molecule has 0 aliphatic rings. The van der Waals surface area contributed by atoms with E-state index in [2.05, 4.69) is 27.9 Å². The quantitative estimate of drug-likeness (QED) is 0.267. The molecule has 0 unspecified atom stereocenters. The lowest BCUT2D eigenvalue weighted by Gasteiger charge is -2.26. The molecule has 0 saturated carbocycles. The van der Waals surface area contributed by atoms with Crippen LogP contribution in [0, 0.1) is 0 Å². The minimum absolute atomic E-state index is 0.0576. The monoisotopic (exact) mass is 300 g/mol. The Morgan fingerprint density at radius 1 is 0.810 bits per heavy atom. The van der Waals surface area contributed by atoms with Gasteiger partial charge in [-0.25, -0.2) is 4.79 Å². The topological polar surface area (TPSA) is 26.3 Å². The SMILES string of the molecule is CCCCCCCCCCCCOC(=O)C[N+](C)(C)CC. The van der Waals surface area contributed by atoms with Crippen molar-refractivity contribution in [2.45, 2.75) is 78.1 Å². The first-order valence-electron chi connectivity index (χ1n) is 8.99. The lowest BCUT2D eigenvalue weighted by atomic mass is 10.1. The number of hydrogen-bond donors (Lipinski definition) is 0. The van der Waals surface area contributed by atoms with E-state index in [1.165, 1.54) is 57.8 Å². The molecule has 0 saturated heterocycles. The number of nitrogens with zero attached hydrogens (tertiary/aromatic N) is 1. The number of unbranched alkanes of at least 4 members (excludes halogenated alkanes) is 9. The average Bonchev–Trinajstić information content (AvgIpc) is 2.44. The van der Waals surface area contributed by atoms with Gasteiger partial charge in [-0.3, -0.25) is 0 Å². The van der Waals surface area contributed by atoms with Crippen molar-refractivity contribution in [3.05, 3.63) is 0 Å².